The monoisotopic (exact) mass is 533 g/mol. The van der Waals surface area contributed by atoms with Crippen molar-refractivity contribution < 1.29 is 19.4 Å². The molecule has 0 aliphatic heterocycles. The summed E-state index contributed by atoms with van der Waals surface area (Å²) < 4.78 is 6.81. The van der Waals surface area contributed by atoms with Crippen molar-refractivity contribution >= 4 is 52.1 Å². The third-order valence-electron chi connectivity index (χ3n) is 4.04. The molecule has 0 spiro atoms. The molecule has 0 saturated carbocycles. The van der Waals surface area contributed by atoms with Gasteiger partial charge in [0.05, 0.1) is 9.99 Å². The zero-order valence-corrected chi connectivity index (χ0v) is 18.6. The summed E-state index contributed by atoms with van der Waals surface area (Å²) in [7, 11) is 0. The number of halogens is 2. The van der Waals surface area contributed by atoms with Crippen LogP contribution in [0, 0.1) is 3.57 Å². The maximum atomic E-state index is 12.2. The fourth-order valence-corrected chi connectivity index (χ4v) is 3.21. The molecule has 0 aromatic heterocycles. The Morgan fingerprint density at radius 1 is 1.00 bits per heavy atom. The third-order valence-corrected chi connectivity index (χ3v) is 5.18. The van der Waals surface area contributed by atoms with Gasteiger partial charge in [0.1, 0.15) is 17.2 Å². The zero-order chi connectivity index (χ0) is 21.5. The standard InChI is InChI=1S/C23H17ClINO4/c24-17-9-5-16(6-10-17)14-22(27)26-20(23(28)29)13-15-7-11-18(12-8-15)30-21-4-2-1-3-19(21)25/h1-13H,14H2,(H,26,27)(H,28,29)/b20-13-. The second kappa shape index (κ2) is 10.3. The molecule has 2 N–H and O–H groups in total. The van der Waals surface area contributed by atoms with Crippen molar-refractivity contribution in [3.63, 3.8) is 0 Å². The number of para-hydroxylation sites is 1. The lowest BCUT2D eigenvalue weighted by atomic mass is 10.1. The number of carboxylic acids is 1. The largest absolute Gasteiger partial charge is 0.477 e. The van der Waals surface area contributed by atoms with E-state index in [4.69, 9.17) is 16.3 Å². The van der Waals surface area contributed by atoms with Crippen molar-refractivity contribution in [2.24, 2.45) is 0 Å². The molecule has 5 nitrogen and oxygen atoms in total. The SMILES string of the molecule is O=C(Cc1ccc(Cl)cc1)N/C(=C\c1ccc(Oc2ccccc2I)cc1)C(=O)O. The Hall–Kier alpha value is -2.84. The predicted molar refractivity (Wildman–Crippen MR) is 125 cm³/mol. The first-order valence-electron chi connectivity index (χ1n) is 8.92. The Morgan fingerprint density at radius 2 is 1.67 bits per heavy atom. The molecule has 7 heteroatoms. The van der Waals surface area contributed by atoms with Gasteiger partial charge in [-0.05, 0) is 76.2 Å². The van der Waals surface area contributed by atoms with Crippen molar-refractivity contribution in [2.45, 2.75) is 6.42 Å². The Kier molecular flexibility index (Phi) is 7.48. The van der Waals surface area contributed by atoms with Gasteiger partial charge >= 0.3 is 5.97 Å². The van der Waals surface area contributed by atoms with Gasteiger partial charge in [0.2, 0.25) is 5.91 Å². The van der Waals surface area contributed by atoms with Crippen LogP contribution < -0.4 is 10.1 Å². The van der Waals surface area contributed by atoms with E-state index in [0.29, 0.717) is 16.3 Å². The Morgan fingerprint density at radius 3 is 2.30 bits per heavy atom. The molecule has 0 bridgehead atoms. The molecule has 152 valence electrons. The van der Waals surface area contributed by atoms with E-state index >= 15 is 0 Å². The van der Waals surface area contributed by atoms with Gasteiger partial charge in [-0.1, -0.05) is 48.0 Å². The second-order valence-corrected chi connectivity index (χ2v) is 7.91. The topological polar surface area (TPSA) is 75.6 Å². The van der Waals surface area contributed by atoms with Gasteiger partial charge in [0.25, 0.3) is 0 Å². The fraction of sp³-hybridized carbons (Fsp3) is 0.0435. The van der Waals surface area contributed by atoms with E-state index in [-0.39, 0.29) is 12.1 Å². The summed E-state index contributed by atoms with van der Waals surface area (Å²) >= 11 is 8.02. The van der Waals surface area contributed by atoms with E-state index in [2.05, 4.69) is 27.9 Å². The highest BCUT2D eigenvalue weighted by Gasteiger charge is 2.12. The van der Waals surface area contributed by atoms with Crippen LogP contribution in [0.15, 0.2) is 78.5 Å². The molecule has 0 unspecified atom stereocenters. The quantitative estimate of drug-likeness (QED) is 0.310. The van der Waals surface area contributed by atoms with Gasteiger partial charge in [0, 0.05) is 5.02 Å². The predicted octanol–water partition coefficient (Wildman–Crippen LogP) is 5.52. The molecule has 0 heterocycles. The molecule has 3 aromatic carbocycles. The lowest BCUT2D eigenvalue weighted by molar-refractivity contribution is -0.134. The smallest absolute Gasteiger partial charge is 0.352 e. The van der Waals surface area contributed by atoms with Gasteiger partial charge < -0.3 is 15.2 Å². The fourth-order valence-electron chi connectivity index (χ4n) is 2.59. The van der Waals surface area contributed by atoms with Gasteiger partial charge in [-0.15, -0.1) is 0 Å². The highest BCUT2D eigenvalue weighted by Crippen LogP contribution is 2.26. The minimum Gasteiger partial charge on any atom is -0.477 e. The van der Waals surface area contributed by atoms with E-state index in [0.717, 1.165) is 14.9 Å². The first-order chi connectivity index (χ1) is 14.4. The summed E-state index contributed by atoms with van der Waals surface area (Å²) in [5.41, 5.74) is 1.15. The van der Waals surface area contributed by atoms with Crippen LogP contribution in [0.1, 0.15) is 11.1 Å². The van der Waals surface area contributed by atoms with E-state index in [1.54, 1.807) is 48.5 Å². The van der Waals surface area contributed by atoms with Gasteiger partial charge in [-0.25, -0.2) is 4.79 Å². The van der Waals surface area contributed by atoms with Crippen LogP contribution in [0.5, 0.6) is 11.5 Å². The first-order valence-corrected chi connectivity index (χ1v) is 10.4. The number of aliphatic carboxylic acids is 1. The molecule has 0 aliphatic carbocycles. The number of hydrogen-bond acceptors (Lipinski definition) is 3. The van der Waals surface area contributed by atoms with Crippen LogP contribution in [-0.2, 0) is 16.0 Å². The summed E-state index contributed by atoms with van der Waals surface area (Å²) in [6, 6.07) is 21.4. The normalized spacial score (nSPS) is 11.1. The van der Waals surface area contributed by atoms with Crippen LogP contribution in [0.2, 0.25) is 5.02 Å². The lowest BCUT2D eigenvalue weighted by Crippen LogP contribution is -2.28. The molecule has 0 aliphatic rings. The number of rotatable bonds is 7. The number of hydrogen-bond donors (Lipinski definition) is 2. The highest BCUT2D eigenvalue weighted by molar-refractivity contribution is 14.1. The van der Waals surface area contributed by atoms with Gasteiger partial charge in [-0.2, -0.15) is 0 Å². The molecule has 0 radical (unpaired) electrons. The van der Waals surface area contributed by atoms with Crippen LogP contribution in [0.4, 0.5) is 0 Å². The number of carbonyl (C=O) groups is 2. The van der Waals surface area contributed by atoms with Crippen molar-refractivity contribution in [3.8, 4) is 11.5 Å². The number of carbonyl (C=O) groups excluding carboxylic acids is 1. The Balaban J connectivity index is 1.68. The molecule has 3 aromatic rings. The van der Waals surface area contributed by atoms with E-state index < -0.39 is 11.9 Å². The Bertz CT molecular complexity index is 1080. The van der Waals surface area contributed by atoms with Gasteiger partial charge in [-0.3, -0.25) is 4.79 Å². The molecule has 0 atom stereocenters. The minimum absolute atomic E-state index is 0.0459. The van der Waals surface area contributed by atoms with Crippen molar-refractivity contribution in [2.75, 3.05) is 0 Å². The molecule has 0 fully saturated rings. The highest BCUT2D eigenvalue weighted by atomic mass is 127. The van der Waals surface area contributed by atoms with Crippen LogP contribution in [0.25, 0.3) is 6.08 Å². The summed E-state index contributed by atoms with van der Waals surface area (Å²) in [5, 5.41) is 12.5. The number of nitrogens with one attached hydrogen (secondary N) is 1. The van der Waals surface area contributed by atoms with Crippen LogP contribution in [0.3, 0.4) is 0 Å². The number of amides is 1. The molecule has 30 heavy (non-hydrogen) atoms. The number of carboxylic acid groups (broad SMARTS) is 1. The van der Waals surface area contributed by atoms with E-state index in [1.807, 2.05) is 24.3 Å². The maximum Gasteiger partial charge on any atom is 0.352 e. The molecule has 1 amide bonds. The molecular formula is C23H17ClINO4. The summed E-state index contributed by atoms with van der Waals surface area (Å²) in [6.45, 7) is 0. The second-order valence-electron chi connectivity index (χ2n) is 6.32. The van der Waals surface area contributed by atoms with Crippen LogP contribution in [-0.4, -0.2) is 17.0 Å². The van der Waals surface area contributed by atoms with Gasteiger partial charge in [0.15, 0.2) is 0 Å². The summed E-state index contributed by atoms with van der Waals surface area (Å²) in [6.07, 6.45) is 1.45. The summed E-state index contributed by atoms with van der Waals surface area (Å²) in [5.74, 6) is -0.287. The van der Waals surface area contributed by atoms with E-state index in [9.17, 15) is 14.7 Å². The minimum atomic E-state index is -1.22. The molecule has 3 rings (SSSR count). The zero-order valence-electron chi connectivity index (χ0n) is 15.6. The molecular weight excluding hydrogens is 517 g/mol. The third kappa shape index (κ3) is 6.33. The number of ether oxygens (including phenoxy) is 1. The molecule has 0 saturated heterocycles. The van der Waals surface area contributed by atoms with Crippen molar-refractivity contribution in [3.05, 3.63) is 98.2 Å². The first kappa shape index (κ1) is 21.9. The average molecular weight is 534 g/mol. The maximum absolute atomic E-state index is 12.2. The average Bonchev–Trinajstić information content (AvgIpc) is 2.72. The number of benzene rings is 3. The van der Waals surface area contributed by atoms with E-state index in [1.165, 1.54) is 6.08 Å². The Labute approximate surface area is 192 Å². The summed E-state index contributed by atoms with van der Waals surface area (Å²) in [4.78, 5) is 23.8. The van der Waals surface area contributed by atoms with Crippen LogP contribution >= 0.6 is 34.2 Å². The van der Waals surface area contributed by atoms with Crippen molar-refractivity contribution in [1.29, 1.82) is 0 Å². The van der Waals surface area contributed by atoms with Crippen molar-refractivity contribution in [1.82, 2.24) is 5.32 Å². The lowest BCUT2D eigenvalue weighted by Gasteiger charge is -2.09.